The molecule has 0 bridgehead atoms. The maximum absolute atomic E-state index is 4.61. The third-order valence-corrected chi connectivity index (χ3v) is 4.35. The zero-order chi connectivity index (χ0) is 10.3. The van der Waals surface area contributed by atoms with Crippen LogP contribution in [0.4, 0.5) is 0 Å². The monoisotopic (exact) mass is 269 g/mol. The maximum atomic E-state index is 4.61. The number of rotatable bonds is 1. The quantitative estimate of drug-likeness (QED) is 0.744. The van der Waals surface area contributed by atoms with Gasteiger partial charge >= 0.3 is 0 Å². The van der Waals surface area contributed by atoms with Crippen molar-refractivity contribution in [3.05, 3.63) is 27.2 Å². The van der Waals surface area contributed by atoms with Crippen LogP contribution >= 0.6 is 27.3 Å². The predicted molar refractivity (Wildman–Crippen MR) is 66.1 cm³/mol. The number of thiazole rings is 1. The summed E-state index contributed by atoms with van der Waals surface area (Å²) < 4.78 is 2.44. The Bertz CT molecular complexity index is 434. The molecular weight excluding hydrogens is 258 g/mol. The van der Waals surface area contributed by atoms with Gasteiger partial charge in [0.15, 0.2) is 0 Å². The summed E-state index contributed by atoms with van der Waals surface area (Å²) in [4.78, 5) is 4.61. The van der Waals surface area contributed by atoms with Crippen LogP contribution in [-0.2, 0) is 0 Å². The highest BCUT2D eigenvalue weighted by molar-refractivity contribution is 9.10. The lowest BCUT2D eigenvalue weighted by Gasteiger charge is -1.95. The Morgan fingerprint density at radius 3 is 2.71 bits per heavy atom. The summed E-state index contributed by atoms with van der Waals surface area (Å²) in [6.45, 7) is 6.46. The molecule has 3 heteroatoms. The Labute approximate surface area is 96.3 Å². The second-order valence-corrected chi connectivity index (χ2v) is 5.69. The van der Waals surface area contributed by atoms with Gasteiger partial charge in [-0.3, -0.25) is 0 Å². The molecule has 74 valence electrons. The second kappa shape index (κ2) is 3.63. The van der Waals surface area contributed by atoms with E-state index in [0.29, 0.717) is 5.92 Å². The van der Waals surface area contributed by atoms with Gasteiger partial charge in [0.05, 0.1) is 15.2 Å². The molecule has 1 heterocycles. The van der Waals surface area contributed by atoms with Crippen LogP contribution in [-0.4, -0.2) is 4.98 Å². The first-order valence-corrected chi connectivity index (χ1v) is 6.25. The van der Waals surface area contributed by atoms with Crippen molar-refractivity contribution in [1.82, 2.24) is 4.98 Å². The minimum Gasteiger partial charge on any atom is -0.241 e. The standard InChI is InChI=1S/C11H12BrNS/c1-6(2)11-13-9-4-7(3)8(12)5-10(9)14-11/h4-6H,1-3H3. The van der Waals surface area contributed by atoms with Crippen molar-refractivity contribution in [3.8, 4) is 0 Å². The summed E-state index contributed by atoms with van der Waals surface area (Å²) in [5.74, 6) is 0.520. The Hall–Kier alpha value is -0.410. The van der Waals surface area contributed by atoms with Crippen LogP contribution in [0.1, 0.15) is 30.3 Å². The van der Waals surface area contributed by atoms with E-state index in [2.05, 4.69) is 53.8 Å². The lowest BCUT2D eigenvalue weighted by Crippen LogP contribution is -1.83. The molecule has 0 fully saturated rings. The first-order valence-electron chi connectivity index (χ1n) is 4.64. The van der Waals surface area contributed by atoms with Crippen LogP contribution in [0.25, 0.3) is 10.2 Å². The number of benzene rings is 1. The molecule has 2 aromatic rings. The zero-order valence-electron chi connectivity index (χ0n) is 8.47. The number of aryl methyl sites for hydroxylation is 1. The van der Waals surface area contributed by atoms with Gasteiger partial charge in [-0.1, -0.05) is 29.8 Å². The molecule has 14 heavy (non-hydrogen) atoms. The number of halogens is 1. The molecule has 1 nitrogen and oxygen atoms in total. The first kappa shape index (κ1) is 10.1. The van der Waals surface area contributed by atoms with Crippen molar-refractivity contribution < 1.29 is 0 Å². The molecular formula is C11H12BrNS. The minimum absolute atomic E-state index is 0.520. The first-order chi connectivity index (χ1) is 6.58. The van der Waals surface area contributed by atoms with Gasteiger partial charge in [-0.25, -0.2) is 4.98 Å². The third kappa shape index (κ3) is 1.71. The summed E-state index contributed by atoms with van der Waals surface area (Å²) in [6, 6.07) is 4.30. The molecule has 0 atom stereocenters. The summed E-state index contributed by atoms with van der Waals surface area (Å²) in [6.07, 6.45) is 0. The van der Waals surface area contributed by atoms with Crippen LogP contribution in [0.3, 0.4) is 0 Å². The molecule has 0 unspecified atom stereocenters. The van der Waals surface area contributed by atoms with Gasteiger partial charge in [0.2, 0.25) is 0 Å². The van der Waals surface area contributed by atoms with E-state index in [1.165, 1.54) is 19.7 Å². The van der Waals surface area contributed by atoms with E-state index in [-0.39, 0.29) is 0 Å². The number of hydrogen-bond donors (Lipinski definition) is 0. The summed E-state index contributed by atoms with van der Waals surface area (Å²) in [5, 5.41) is 1.22. The minimum atomic E-state index is 0.520. The Balaban J connectivity index is 2.66. The van der Waals surface area contributed by atoms with Crippen LogP contribution in [0.5, 0.6) is 0 Å². The number of aromatic nitrogens is 1. The maximum Gasteiger partial charge on any atom is 0.0963 e. The predicted octanol–water partition coefficient (Wildman–Crippen LogP) is 4.49. The van der Waals surface area contributed by atoms with E-state index < -0.39 is 0 Å². The molecule has 1 aromatic heterocycles. The number of nitrogens with zero attached hydrogens (tertiary/aromatic N) is 1. The van der Waals surface area contributed by atoms with E-state index in [4.69, 9.17) is 0 Å². The molecule has 1 aromatic carbocycles. The highest BCUT2D eigenvalue weighted by Crippen LogP contribution is 2.31. The molecule has 0 aliphatic carbocycles. The van der Waals surface area contributed by atoms with E-state index in [9.17, 15) is 0 Å². The average molecular weight is 270 g/mol. The molecule has 2 rings (SSSR count). The fourth-order valence-electron chi connectivity index (χ4n) is 1.32. The van der Waals surface area contributed by atoms with E-state index in [1.54, 1.807) is 11.3 Å². The summed E-state index contributed by atoms with van der Waals surface area (Å²) in [7, 11) is 0. The molecule has 0 amide bonds. The highest BCUT2D eigenvalue weighted by Gasteiger charge is 2.08. The fourth-order valence-corrected chi connectivity index (χ4v) is 2.80. The molecule has 0 spiro atoms. The molecule has 0 N–H and O–H groups in total. The fraction of sp³-hybridized carbons (Fsp3) is 0.364. The van der Waals surface area contributed by atoms with Crippen LogP contribution in [0.2, 0.25) is 0 Å². The largest absolute Gasteiger partial charge is 0.241 e. The van der Waals surface area contributed by atoms with Crippen molar-refractivity contribution in [2.24, 2.45) is 0 Å². The van der Waals surface area contributed by atoms with Gasteiger partial charge in [0, 0.05) is 10.4 Å². The smallest absolute Gasteiger partial charge is 0.0963 e. The second-order valence-electron chi connectivity index (χ2n) is 3.78. The molecule has 0 saturated carbocycles. The van der Waals surface area contributed by atoms with E-state index >= 15 is 0 Å². The van der Waals surface area contributed by atoms with Gasteiger partial charge in [0.1, 0.15) is 0 Å². The Kier molecular flexibility index (Phi) is 2.62. The third-order valence-electron chi connectivity index (χ3n) is 2.18. The van der Waals surface area contributed by atoms with Crippen molar-refractivity contribution in [3.63, 3.8) is 0 Å². The molecule has 0 aliphatic heterocycles. The van der Waals surface area contributed by atoms with Gasteiger partial charge in [0.25, 0.3) is 0 Å². The van der Waals surface area contributed by atoms with Gasteiger partial charge in [-0.05, 0) is 24.6 Å². The van der Waals surface area contributed by atoms with Crippen LogP contribution in [0.15, 0.2) is 16.6 Å². The lowest BCUT2D eigenvalue weighted by atomic mass is 10.2. The van der Waals surface area contributed by atoms with Crippen LogP contribution in [0, 0.1) is 6.92 Å². The highest BCUT2D eigenvalue weighted by atomic mass is 79.9. The Morgan fingerprint density at radius 2 is 2.07 bits per heavy atom. The van der Waals surface area contributed by atoms with E-state index in [1.807, 2.05) is 0 Å². The normalized spacial score (nSPS) is 11.5. The summed E-state index contributed by atoms with van der Waals surface area (Å²) >= 11 is 5.33. The van der Waals surface area contributed by atoms with Gasteiger partial charge in [-0.2, -0.15) is 0 Å². The average Bonchev–Trinajstić information content (AvgIpc) is 2.48. The molecule has 0 aliphatic rings. The number of hydrogen-bond acceptors (Lipinski definition) is 2. The Morgan fingerprint density at radius 1 is 1.36 bits per heavy atom. The van der Waals surface area contributed by atoms with E-state index in [0.717, 1.165) is 5.52 Å². The van der Waals surface area contributed by atoms with Gasteiger partial charge in [-0.15, -0.1) is 11.3 Å². The zero-order valence-corrected chi connectivity index (χ0v) is 10.9. The molecule has 0 radical (unpaired) electrons. The topological polar surface area (TPSA) is 12.9 Å². The number of fused-ring (bicyclic) bond motifs is 1. The van der Waals surface area contributed by atoms with Crippen molar-refractivity contribution in [2.75, 3.05) is 0 Å². The molecule has 0 saturated heterocycles. The van der Waals surface area contributed by atoms with Gasteiger partial charge < -0.3 is 0 Å². The summed E-state index contributed by atoms with van der Waals surface area (Å²) in [5.41, 5.74) is 2.37. The SMILES string of the molecule is Cc1cc2nc(C(C)C)sc2cc1Br. The van der Waals surface area contributed by atoms with Crippen molar-refractivity contribution in [1.29, 1.82) is 0 Å². The van der Waals surface area contributed by atoms with Crippen LogP contribution < -0.4 is 0 Å². The van der Waals surface area contributed by atoms with Crippen molar-refractivity contribution in [2.45, 2.75) is 26.7 Å². The van der Waals surface area contributed by atoms with Crippen molar-refractivity contribution >= 4 is 37.5 Å². The lowest BCUT2D eigenvalue weighted by molar-refractivity contribution is 0.857.